The van der Waals surface area contributed by atoms with Crippen molar-refractivity contribution in [2.24, 2.45) is 5.41 Å². The molecular weight excluding hydrogens is 512 g/mol. The average molecular weight is 569 g/mol. The van der Waals surface area contributed by atoms with Gasteiger partial charge in [0.15, 0.2) is 0 Å². The zero-order valence-electron chi connectivity index (χ0n) is 27.9. The van der Waals surface area contributed by atoms with Crippen molar-refractivity contribution in [3.8, 4) is 0 Å². The molecule has 228 valence electrons. The molecule has 42 heavy (non-hydrogen) atoms. The maximum absolute atomic E-state index is 10.1. The van der Waals surface area contributed by atoms with Crippen molar-refractivity contribution in [2.45, 2.75) is 100 Å². The van der Waals surface area contributed by atoms with Crippen molar-refractivity contribution in [2.75, 3.05) is 0 Å². The van der Waals surface area contributed by atoms with Crippen molar-refractivity contribution >= 4 is 0 Å². The number of allylic oxidation sites excluding steroid dienone is 22. The molecule has 0 aliphatic heterocycles. The lowest BCUT2D eigenvalue weighted by Crippen LogP contribution is -2.28. The van der Waals surface area contributed by atoms with Crippen molar-refractivity contribution in [1.29, 1.82) is 0 Å². The summed E-state index contributed by atoms with van der Waals surface area (Å²) < 4.78 is 0. The van der Waals surface area contributed by atoms with Crippen LogP contribution in [0.1, 0.15) is 88.5 Å². The van der Waals surface area contributed by atoms with Gasteiger partial charge in [-0.2, -0.15) is 0 Å². The van der Waals surface area contributed by atoms with Crippen LogP contribution in [0.2, 0.25) is 0 Å². The van der Waals surface area contributed by atoms with E-state index >= 15 is 0 Å². The summed E-state index contributed by atoms with van der Waals surface area (Å²) in [6.07, 6.45) is 37.6. The van der Waals surface area contributed by atoms with Gasteiger partial charge in [-0.05, 0) is 85.6 Å². The third-order valence-electron chi connectivity index (χ3n) is 6.97. The van der Waals surface area contributed by atoms with E-state index in [1.54, 1.807) is 0 Å². The topological polar surface area (TPSA) is 40.5 Å². The fourth-order valence-electron chi connectivity index (χ4n) is 4.68. The first-order valence-corrected chi connectivity index (χ1v) is 15.1. The van der Waals surface area contributed by atoms with E-state index in [0.717, 1.165) is 18.4 Å². The zero-order valence-corrected chi connectivity index (χ0v) is 27.9. The lowest BCUT2D eigenvalue weighted by atomic mass is 9.71. The van der Waals surface area contributed by atoms with E-state index < -0.39 is 5.60 Å². The van der Waals surface area contributed by atoms with E-state index in [9.17, 15) is 10.2 Å². The molecule has 0 bridgehead atoms. The molecule has 0 aromatic carbocycles. The van der Waals surface area contributed by atoms with E-state index in [2.05, 4.69) is 147 Å². The number of hydrogen-bond acceptors (Lipinski definition) is 2. The Hall–Kier alpha value is -3.20. The molecule has 0 aromatic heterocycles. The number of aliphatic hydroxyl groups is 2. The summed E-state index contributed by atoms with van der Waals surface area (Å²) in [6, 6.07) is 0. The summed E-state index contributed by atoms with van der Waals surface area (Å²) in [6.45, 7) is 20.7. The van der Waals surface area contributed by atoms with Crippen LogP contribution in [-0.2, 0) is 0 Å². The van der Waals surface area contributed by atoms with Gasteiger partial charge in [0.05, 0.1) is 11.7 Å². The minimum absolute atomic E-state index is 0.00454. The number of hydrogen-bond donors (Lipinski definition) is 2. The third-order valence-corrected chi connectivity index (χ3v) is 6.97. The Morgan fingerprint density at radius 2 is 1.12 bits per heavy atom. The summed E-state index contributed by atoms with van der Waals surface area (Å²) in [5, 5.41) is 19.9. The molecule has 0 fully saturated rings. The smallest absolute Gasteiger partial charge is 0.0626 e. The van der Waals surface area contributed by atoms with Gasteiger partial charge in [-0.1, -0.05) is 151 Å². The monoisotopic (exact) mass is 568 g/mol. The number of rotatable bonds is 13. The van der Waals surface area contributed by atoms with Gasteiger partial charge >= 0.3 is 0 Å². The van der Waals surface area contributed by atoms with E-state index in [4.69, 9.17) is 0 Å². The molecule has 0 unspecified atom stereocenters. The second-order valence-electron chi connectivity index (χ2n) is 12.9. The van der Waals surface area contributed by atoms with Gasteiger partial charge in [-0.25, -0.2) is 0 Å². The molecule has 1 rings (SSSR count). The van der Waals surface area contributed by atoms with E-state index in [1.807, 2.05) is 26.0 Å². The summed E-state index contributed by atoms with van der Waals surface area (Å²) >= 11 is 0. The van der Waals surface area contributed by atoms with Crippen LogP contribution in [0, 0.1) is 5.41 Å². The summed E-state index contributed by atoms with van der Waals surface area (Å²) in [5.41, 5.74) is 7.86. The lowest BCUT2D eigenvalue weighted by molar-refractivity contribution is 0.0839. The third kappa shape index (κ3) is 16.9. The maximum Gasteiger partial charge on any atom is 0.0626 e. The van der Waals surface area contributed by atoms with Crippen LogP contribution in [0.3, 0.4) is 0 Å². The SMILES string of the molecule is CC1=C(/C=C/C(C)=C/C=C/C(C)=C/C=C/C=C(C)/C=C/C=C(C)/C=C/C=C(C)/C=C\CC(C)(C)O)C(C)(C)C[C@H](O)C1. The molecule has 2 N–H and O–H groups in total. The lowest BCUT2D eigenvalue weighted by Gasteiger charge is -2.35. The summed E-state index contributed by atoms with van der Waals surface area (Å²) in [7, 11) is 0. The van der Waals surface area contributed by atoms with Crippen LogP contribution in [0.5, 0.6) is 0 Å². The first-order valence-electron chi connectivity index (χ1n) is 15.1. The van der Waals surface area contributed by atoms with Crippen LogP contribution in [-0.4, -0.2) is 21.9 Å². The van der Waals surface area contributed by atoms with Crippen LogP contribution in [0.4, 0.5) is 0 Å². The molecule has 0 spiro atoms. The predicted octanol–water partition coefficient (Wildman–Crippen LogP) is 10.7. The van der Waals surface area contributed by atoms with Crippen LogP contribution < -0.4 is 0 Å². The quantitative estimate of drug-likeness (QED) is 0.217. The molecule has 1 aliphatic carbocycles. The van der Waals surface area contributed by atoms with Gasteiger partial charge in [0.2, 0.25) is 0 Å². The highest BCUT2D eigenvalue weighted by molar-refractivity contribution is 5.38. The molecule has 0 saturated carbocycles. The summed E-state index contributed by atoms with van der Waals surface area (Å²) in [4.78, 5) is 0. The molecular formula is C40H56O2. The highest BCUT2D eigenvalue weighted by atomic mass is 16.3. The van der Waals surface area contributed by atoms with Crippen molar-refractivity contribution in [3.63, 3.8) is 0 Å². The van der Waals surface area contributed by atoms with Gasteiger partial charge < -0.3 is 10.2 Å². The molecule has 0 heterocycles. The summed E-state index contributed by atoms with van der Waals surface area (Å²) in [5.74, 6) is 0. The van der Waals surface area contributed by atoms with Crippen LogP contribution in [0.15, 0.2) is 142 Å². The van der Waals surface area contributed by atoms with Crippen LogP contribution in [0.25, 0.3) is 0 Å². The standard InChI is InChI=1S/C40H56O2/c1-31(19-13-21-33(3)22-14-23-34(4)25-16-28-40(9,10)42)17-11-12-18-32(2)20-15-24-35(5)26-27-38-36(6)29-37(41)30-39(38,7)8/h11-27,37,41-42H,28-30H2,1-10H3/b12-11+,19-13+,20-15+,22-14+,25-16-,27-26+,31-17+,32-18+,33-21+,34-23+,35-24+/t37-/m1/s1. The van der Waals surface area contributed by atoms with E-state index in [0.29, 0.717) is 6.42 Å². The minimum atomic E-state index is -0.666. The second-order valence-corrected chi connectivity index (χ2v) is 12.9. The van der Waals surface area contributed by atoms with E-state index in [1.165, 1.54) is 33.4 Å². The van der Waals surface area contributed by atoms with Gasteiger partial charge in [-0.3, -0.25) is 0 Å². The Kier molecular flexibility index (Phi) is 16.1. The van der Waals surface area contributed by atoms with Crippen molar-refractivity contribution in [1.82, 2.24) is 0 Å². The Morgan fingerprint density at radius 3 is 1.55 bits per heavy atom. The Labute approximate surface area is 257 Å². The molecule has 2 heteroatoms. The Morgan fingerprint density at radius 1 is 0.714 bits per heavy atom. The van der Waals surface area contributed by atoms with Crippen LogP contribution >= 0.6 is 0 Å². The normalized spacial score (nSPS) is 20.8. The second kappa shape index (κ2) is 18.4. The number of aliphatic hydroxyl groups excluding tert-OH is 1. The predicted molar refractivity (Wildman–Crippen MR) is 186 cm³/mol. The fourth-order valence-corrected chi connectivity index (χ4v) is 4.68. The zero-order chi connectivity index (χ0) is 31.8. The molecule has 0 saturated heterocycles. The molecule has 0 amide bonds. The average Bonchev–Trinajstić information content (AvgIpc) is 2.84. The van der Waals surface area contributed by atoms with Crippen molar-refractivity contribution < 1.29 is 10.2 Å². The molecule has 0 radical (unpaired) electrons. The highest BCUT2D eigenvalue weighted by Gasteiger charge is 2.31. The minimum Gasteiger partial charge on any atom is -0.393 e. The van der Waals surface area contributed by atoms with Crippen molar-refractivity contribution in [3.05, 3.63) is 142 Å². The highest BCUT2D eigenvalue weighted by Crippen LogP contribution is 2.41. The molecule has 1 aliphatic rings. The first-order chi connectivity index (χ1) is 19.6. The largest absolute Gasteiger partial charge is 0.393 e. The first kappa shape index (κ1) is 36.8. The molecule has 2 nitrogen and oxygen atoms in total. The molecule has 0 aromatic rings. The Balaban J connectivity index is 2.61. The maximum atomic E-state index is 10.1. The fraction of sp³-hybridized carbons (Fsp3) is 0.400. The molecule has 1 atom stereocenters. The van der Waals surface area contributed by atoms with Gasteiger partial charge in [0.1, 0.15) is 0 Å². The van der Waals surface area contributed by atoms with E-state index in [-0.39, 0.29) is 11.5 Å². The Bertz CT molecular complexity index is 1250. The van der Waals surface area contributed by atoms with Gasteiger partial charge in [-0.15, -0.1) is 0 Å². The van der Waals surface area contributed by atoms with Gasteiger partial charge in [0, 0.05) is 0 Å². The van der Waals surface area contributed by atoms with Gasteiger partial charge in [0.25, 0.3) is 0 Å².